The SMILES string of the molecule is O=C(Nc1ncc(Cc2cc(C(F)(F)F)ccc2Cl)s1)[C@@H]1CCCN(c2ncccn2)C1. The standard InChI is InChI=1S/C21H19ClF3N5OS/c22-17-5-4-15(21(23,24)25)9-14(17)10-16-11-28-20(32-16)29-18(31)13-3-1-8-30(12-13)19-26-6-2-7-27-19/h2,4-7,9,11,13H,1,3,8,10,12H2,(H,28,29,31)/t13-/m1/s1. The van der Waals surface area contributed by atoms with Crippen molar-refractivity contribution in [3.63, 3.8) is 0 Å². The summed E-state index contributed by atoms with van der Waals surface area (Å²) in [5, 5.41) is 3.48. The molecule has 1 aliphatic heterocycles. The predicted octanol–water partition coefficient (Wildman–Crippen LogP) is 5.05. The highest BCUT2D eigenvalue weighted by Gasteiger charge is 2.31. The quantitative estimate of drug-likeness (QED) is 0.552. The van der Waals surface area contributed by atoms with Crippen LogP contribution in [0.2, 0.25) is 5.02 Å². The van der Waals surface area contributed by atoms with Gasteiger partial charge in [-0.3, -0.25) is 4.79 Å². The Bertz CT molecular complexity index is 1090. The second-order valence-electron chi connectivity index (χ2n) is 7.44. The molecule has 1 N–H and O–H groups in total. The summed E-state index contributed by atoms with van der Waals surface area (Å²) in [5.74, 6) is 0.209. The number of piperidine rings is 1. The number of halogens is 4. The van der Waals surface area contributed by atoms with Crippen molar-refractivity contribution in [1.29, 1.82) is 0 Å². The van der Waals surface area contributed by atoms with E-state index in [9.17, 15) is 18.0 Å². The van der Waals surface area contributed by atoms with Gasteiger partial charge in [-0.1, -0.05) is 11.6 Å². The molecule has 11 heteroatoms. The van der Waals surface area contributed by atoms with Gasteiger partial charge in [0.15, 0.2) is 5.13 Å². The van der Waals surface area contributed by atoms with Crippen LogP contribution in [0.4, 0.5) is 24.3 Å². The fraction of sp³-hybridized carbons (Fsp3) is 0.333. The normalized spacial score (nSPS) is 16.8. The minimum atomic E-state index is -4.44. The van der Waals surface area contributed by atoms with Crippen LogP contribution in [0.15, 0.2) is 42.9 Å². The third-order valence-corrected chi connectivity index (χ3v) is 6.43. The van der Waals surface area contributed by atoms with Gasteiger partial charge in [0.05, 0.1) is 11.5 Å². The number of carbonyl (C=O) groups is 1. The molecule has 0 radical (unpaired) electrons. The van der Waals surface area contributed by atoms with Crippen molar-refractivity contribution in [1.82, 2.24) is 15.0 Å². The average Bonchev–Trinajstić information content (AvgIpc) is 3.22. The number of nitrogens with zero attached hydrogens (tertiary/aromatic N) is 4. The lowest BCUT2D eigenvalue weighted by Gasteiger charge is -2.31. The van der Waals surface area contributed by atoms with Crippen LogP contribution in [0.1, 0.15) is 28.8 Å². The molecule has 1 fully saturated rings. The summed E-state index contributed by atoms with van der Waals surface area (Å²) in [7, 11) is 0. The lowest BCUT2D eigenvalue weighted by atomic mass is 9.97. The monoisotopic (exact) mass is 481 g/mol. The molecule has 1 aliphatic rings. The van der Waals surface area contributed by atoms with Gasteiger partial charge in [0.1, 0.15) is 0 Å². The number of rotatable bonds is 5. The number of benzene rings is 1. The zero-order valence-electron chi connectivity index (χ0n) is 16.8. The molecule has 3 aromatic rings. The first kappa shape index (κ1) is 22.5. The minimum absolute atomic E-state index is 0.149. The van der Waals surface area contributed by atoms with Crippen molar-refractivity contribution >= 4 is 39.9 Å². The highest BCUT2D eigenvalue weighted by Crippen LogP contribution is 2.33. The molecule has 6 nitrogen and oxygen atoms in total. The van der Waals surface area contributed by atoms with Crippen LogP contribution in [0, 0.1) is 5.92 Å². The number of aromatic nitrogens is 3. The van der Waals surface area contributed by atoms with Gasteiger partial charge in [-0.2, -0.15) is 13.2 Å². The van der Waals surface area contributed by atoms with E-state index in [1.165, 1.54) is 17.4 Å². The summed E-state index contributed by atoms with van der Waals surface area (Å²) in [5.41, 5.74) is -0.395. The molecule has 0 aliphatic carbocycles. The molecule has 1 amide bonds. The molecule has 1 saturated heterocycles. The van der Waals surface area contributed by atoms with Gasteiger partial charge in [0.25, 0.3) is 0 Å². The Balaban J connectivity index is 1.40. The summed E-state index contributed by atoms with van der Waals surface area (Å²) in [6.45, 7) is 1.29. The van der Waals surface area contributed by atoms with Crippen molar-refractivity contribution in [3.8, 4) is 0 Å². The van der Waals surface area contributed by atoms with Crippen molar-refractivity contribution < 1.29 is 18.0 Å². The first-order valence-corrected chi connectivity index (χ1v) is 11.1. The van der Waals surface area contributed by atoms with Gasteiger partial charge in [-0.15, -0.1) is 11.3 Å². The van der Waals surface area contributed by atoms with Gasteiger partial charge in [0.2, 0.25) is 11.9 Å². The van der Waals surface area contributed by atoms with E-state index < -0.39 is 11.7 Å². The minimum Gasteiger partial charge on any atom is -0.340 e. The highest BCUT2D eigenvalue weighted by molar-refractivity contribution is 7.15. The van der Waals surface area contributed by atoms with E-state index in [-0.39, 0.29) is 23.3 Å². The first-order chi connectivity index (χ1) is 15.3. The van der Waals surface area contributed by atoms with E-state index in [2.05, 4.69) is 20.3 Å². The third-order valence-electron chi connectivity index (χ3n) is 5.15. The zero-order valence-corrected chi connectivity index (χ0v) is 18.3. The summed E-state index contributed by atoms with van der Waals surface area (Å²) in [6.07, 6.45) is 2.21. The van der Waals surface area contributed by atoms with Crippen LogP contribution in [-0.2, 0) is 17.4 Å². The van der Waals surface area contributed by atoms with Gasteiger partial charge in [0, 0.05) is 48.0 Å². The molecule has 0 unspecified atom stereocenters. The maximum Gasteiger partial charge on any atom is 0.416 e. The molecular weight excluding hydrogens is 463 g/mol. The molecule has 1 atom stereocenters. The van der Waals surface area contributed by atoms with Crippen LogP contribution < -0.4 is 10.2 Å². The molecule has 0 spiro atoms. The first-order valence-electron chi connectivity index (χ1n) is 9.93. The van der Waals surface area contributed by atoms with Crippen LogP contribution in [-0.4, -0.2) is 33.9 Å². The second-order valence-corrected chi connectivity index (χ2v) is 8.96. The number of thiazole rings is 1. The van der Waals surface area contributed by atoms with Gasteiger partial charge < -0.3 is 10.2 Å². The summed E-state index contributed by atoms with van der Waals surface area (Å²) < 4.78 is 39.0. The number of alkyl halides is 3. The fourth-order valence-electron chi connectivity index (χ4n) is 3.56. The average molecular weight is 482 g/mol. The van der Waals surface area contributed by atoms with Gasteiger partial charge in [-0.25, -0.2) is 15.0 Å². The molecule has 4 rings (SSSR count). The van der Waals surface area contributed by atoms with E-state index in [1.807, 2.05) is 4.90 Å². The number of hydrogen-bond donors (Lipinski definition) is 1. The molecule has 3 heterocycles. The van der Waals surface area contributed by atoms with Crippen molar-refractivity contribution in [2.24, 2.45) is 5.92 Å². The number of nitrogens with one attached hydrogen (secondary N) is 1. The summed E-state index contributed by atoms with van der Waals surface area (Å²) in [4.78, 5) is 28.1. The molecular formula is C21H19ClF3N5OS. The Morgan fingerprint density at radius 1 is 1.25 bits per heavy atom. The van der Waals surface area contributed by atoms with E-state index in [1.54, 1.807) is 24.7 Å². The highest BCUT2D eigenvalue weighted by atomic mass is 35.5. The molecule has 0 saturated carbocycles. The molecule has 168 valence electrons. The number of amides is 1. The maximum absolute atomic E-state index is 13.0. The van der Waals surface area contributed by atoms with Gasteiger partial charge >= 0.3 is 6.18 Å². The summed E-state index contributed by atoms with van der Waals surface area (Å²) >= 11 is 7.30. The smallest absolute Gasteiger partial charge is 0.340 e. The number of hydrogen-bond acceptors (Lipinski definition) is 6. The lowest BCUT2D eigenvalue weighted by Crippen LogP contribution is -2.41. The Morgan fingerprint density at radius 3 is 2.78 bits per heavy atom. The van der Waals surface area contributed by atoms with E-state index in [0.29, 0.717) is 28.1 Å². The van der Waals surface area contributed by atoms with Crippen molar-refractivity contribution in [2.75, 3.05) is 23.3 Å². The van der Waals surface area contributed by atoms with Crippen LogP contribution in [0.3, 0.4) is 0 Å². The van der Waals surface area contributed by atoms with Crippen LogP contribution in [0.25, 0.3) is 0 Å². The van der Waals surface area contributed by atoms with E-state index in [0.717, 1.165) is 31.5 Å². The molecule has 2 aromatic heterocycles. The Hall–Kier alpha value is -2.72. The zero-order chi connectivity index (χ0) is 22.7. The van der Waals surface area contributed by atoms with Crippen LogP contribution in [0.5, 0.6) is 0 Å². The Labute approximate surface area is 191 Å². The van der Waals surface area contributed by atoms with Crippen molar-refractivity contribution in [3.05, 3.63) is 63.9 Å². The largest absolute Gasteiger partial charge is 0.416 e. The molecule has 32 heavy (non-hydrogen) atoms. The fourth-order valence-corrected chi connectivity index (χ4v) is 4.58. The molecule has 1 aromatic carbocycles. The number of anilines is 2. The third kappa shape index (κ3) is 5.36. The van der Waals surface area contributed by atoms with Crippen LogP contribution >= 0.6 is 22.9 Å². The second kappa shape index (κ2) is 9.41. The Kier molecular flexibility index (Phi) is 6.61. The van der Waals surface area contributed by atoms with E-state index in [4.69, 9.17) is 11.6 Å². The van der Waals surface area contributed by atoms with E-state index >= 15 is 0 Å². The van der Waals surface area contributed by atoms with Crippen molar-refractivity contribution in [2.45, 2.75) is 25.4 Å². The molecule has 0 bridgehead atoms. The maximum atomic E-state index is 13.0. The van der Waals surface area contributed by atoms with Gasteiger partial charge in [-0.05, 0) is 42.7 Å². The predicted molar refractivity (Wildman–Crippen MR) is 117 cm³/mol. The summed E-state index contributed by atoms with van der Waals surface area (Å²) in [6, 6.07) is 4.99. The Morgan fingerprint density at radius 2 is 2.03 bits per heavy atom. The number of carbonyl (C=O) groups excluding carboxylic acids is 1. The lowest BCUT2D eigenvalue weighted by molar-refractivity contribution is -0.137. The topological polar surface area (TPSA) is 71.0 Å².